The summed E-state index contributed by atoms with van der Waals surface area (Å²) in [6.07, 6.45) is 0.161. The van der Waals surface area contributed by atoms with E-state index in [9.17, 15) is 26.4 Å². The van der Waals surface area contributed by atoms with Gasteiger partial charge >= 0.3 is 12.1 Å². The number of hydrogen-bond acceptors (Lipinski definition) is 5. The molecule has 174 valence electrons. The molecule has 2 aromatic rings. The molecule has 1 aromatic carbocycles. The van der Waals surface area contributed by atoms with Gasteiger partial charge in [-0.05, 0) is 61.8 Å². The first-order valence-electron chi connectivity index (χ1n) is 10.3. The topological polar surface area (TPSA) is 81.5 Å². The van der Waals surface area contributed by atoms with Crippen LogP contribution in [0.2, 0.25) is 0 Å². The Morgan fingerprint density at radius 2 is 1.97 bits per heavy atom. The zero-order chi connectivity index (χ0) is 23.3. The smallest absolute Gasteiger partial charge is 0.416 e. The van der Waals surface area contributed by atoms with E-state index in [-0.39, 0.29) is 17.4 Å². The summed E-state index contributed by atoms with van der Waals surface area (Å²) in [5.41, 5.74) is 0.836. The maximum Gasteiger partial charge on any atom is 0.416 e. The number of benzene rings is 1. The molecule has 2 aliphatic carbocycles. The summed E-state index contributed by atoms with van der Waals surface area (Å²) in [4.78, 5) is 11.3. The van der Waals surface area contributed by atoms with Crippen molar-refractivity contribution in [1.82, 2.24) is 14.1 Å². The van der Waals surface area contributed by atoms with E-state index < -0.39 is 33.8 Å². The summed E-state index contributed by atoms with van der Waals surface area (Å²) in [6.45, 7) is -0.0899. The Morgan fingerprint density at radius 1 is 1.25 bits per heavy atom. The first-order chi connectivity index (χ1) is 15.0. The molecule has 0 bridgehead atoms. The highest BCUT2D eigenvalue weighted by atomic mass is 32.2. The zero-order valence-electron chi connectivity index (χ0n) is 17.7. The Labute approximate surface area is 184 Å². The maximum atomic E-state index is 13.5. The number of halogens is 3. The van der Waals surface area contributed by atoms with Gasteiger partial charge in [-0.15, -0.1) is 0 Å². The molecule has 4 rings (SSSR count). The van der Waals surface area contributed by atoms with E-state index in [2.05, 4.69) is 9.84 Å². The predicted molar refractivity (Wildman–Crippen MR) is 108 cm³/mol. The van der Waals surface area contributed by atoms with Gasteiger partial charge in [0.2, 0.25) is 10.0 Å². The second-order valence-corrected chi connectivity index (χ2v) is 10.3. The van der Waals surface area contributed by atoms with Crippen molar-refractivity contribution < 1.29 is 31.1 Å². The van der Waals surface area contributed by atoms with Gasteiger partial charge in [-0.3, -0.25) is 9.48 Å². The highest BCUT2D eigenvalue weighted by Gasteiger charge is 2.38. The summed E-state index contributed by atoms with van der Waals surface area (Å²) >= 11 is 0. The van der Waals surface area contributed by atoms with Crippen molar-refractivity contribution in [2.75, 3.05) is 14.2 Å². The van der Waals surface area contributed by atoms with Crippen LogP contribution in [-0.4, -0.2) is 42.6 Å². The first-order valence-corrected chi connectivity index (χ1v) is 11.8. The quantitative estimate of drug-likeness (QED) is 0.601. The number of alkyl halides is 3. The molecule has 1 fully saturated rings. The third kappa shape index (κ3) is 4.27. The van der Waals surface area contributed by atoms with Crippen molar-refractivity contribution in [2.45, 2.75) is 61.7 Å². The molecule has 0 radical (unpaired) electrons. The fraction of sp³-hybridized carbons (Fsp3) is 0.524. The third-order valence-corrected chi connectivity index (χ3v) is 8.00. The lowest BCUT2D eigenvalue weighted by molar-refractivity contribution is -0.141. The molecule has 11 heteroatoms. The van der Waals surface area contributed by atoms with Crippen LogP contribution in [0.5, 0.6) is 0 Å². The van der Waals surface area contributed by atoms with Gasteiger partial charge in [-0.25, -0.2) is 8.42 Å². The van der Waals surface area contributed by atoms with E-state index in [4.69, 9.17) is 0 Å². The van der Waals surface area contributed by atoms with Crippen molar-refractivity contribution in [1.29, 1.82) is 0 Å². The molecule has 1 heterocycles. The van der Waals surface area contributed by atoms with Crippen LogP contribution < -0.4 is 0 Å². The second kappa shape index (κ2) is 8.18. The summed E-state index contributed by atoms with van der Waals surface area (Å²) in [5, 5.41) is 4.21. The zero-order valence-corrected chi connectivity index (χ0v) is 18.5. The molecule has 0 N–H and O–H groups in total. The molecule has 1 aromatic heterocycles. The largest absolute Gasteiger partial charge is 0.468 e. The van der Waals surface area contributed by atoms with Gasteiger partial charge < -0.3 is 4.74 Å². The lowest BCUT2D eigenvalue weighted by Gasteiger charge is -2.31. The molecule has 0 spiro atoms. The van der Waals surface area contributed by atoms with Crippen LogP contribution in [0.15, 0.2) is 29.3 Å². The number of carbonyl (C=O) groups excluding carboxylic acids is 1. The molecule has 7 nitrogen and oxygen atoms in total. The fourth-order valence-electron chi connectivity index (χ4n) is 4.22. The minimum absolute atomic E-state index is 0.0330. The molecule has 32 heavy (non-hydrogen) atoms. The summed E-state index contributed by atoms with van der Waals surface area (Å²) in [7, 11) is -1.56. The number of hydrogen-bond donors (Lipinski definition) is 0. The van der Waals surface area contributed by atoms with Crippen molar-refractivity contribution in [2.24, 2.45) is 0 Å². The highest BCUT2D eigenvalue weighted by molar-refractivity contribution is 7.89. The van der Waals surface area contributed by atoms with Crippen molar-refractivity contribution in [3.63, 3.8) is 0 Å². The summed E-state index contributed by atoms with van der Waals surface area (Å²) in [6, 6.07) is 2.53. The number of fused-ring (bicyclic) bond motifs is 1. The average molecular weight is 472 g/mol. The lowest BCUT2D eigenvalue weighted by Crippen LogP contribution is -2.33. The average Bonchev–Trinajstić information content (AvgIpc) is 3.53. The monoisotopic (exact) mass is 471 g/mol. The maximum absolute atomic E-state index is 13.5. The second-order valence-electron chi connectivity index (χ2n) is 8.27. The van der Waals surface area contributed by atoms with Gasteiger partial charge in [0.05, 0.1) is 29.8 Å². The van der Waals surface area contributed by atoms with Gasteiger partial charge in [-0.1, -0.05) is 0 Å². The number of sulfonamides is 1. The van der Waals surface area contributed by atoms with Gasteiger partial charge in [0.25, 0.3) is 0 Å². The normalized spacial score (nSPS) is 19.1. The van der Waals surface area contributed by atoms with Gasteiger partial charge in [0, 0.05) is 18.3 Å². The molecule has 1 saturated carbocycles. The molecule has 0 amide bonds. The number of methoxy groups -OCH3 is 1. The van der Waals surface area contributed by atoms with Crippen LogP contribution in [-0.2, 0) is 38.7 Å². The Bertz CT molecular complexity index is 1140. The van der Waals surface area contributed by atoms with Gasteiger partial charge in [-0.2, -0.15) is 22.6 Å². The van der Waals surface area contributed by atoms with E-state index in [1.54, 1.807) is 0 Å². The van der Waals surface area contributed by atoms with E-state index in [0.717, 1.165) is 28.9 Å². The van der Waals surface area contributed by atoms with Crippen LogP contribution in [0.4, 0.5) is 13.2 Å². The number of rotatable bonds is 6. The minimum atomic E-state index is -4.64. The number of aromatic nitrogens is 2. The summed E-state index contributed by atoms with van der Waals surface area (Å²) < 4.78 is 74.5. The predicted octanol–water partition coefficient (Wildman–Crippen LogP) is 3.65. The van der Waals surface area contributed by atoms with Crippen molar-refractivity contribution in [3.05, 3.63) is 46.8 Å². The van der Waals surface area contributed by atoms with E-state index in [0.29, 0.717) is 36.5 Å². The number of carbonyl (C=O) groups is 1. The van der Waals surface area contributed by atoms with Crippen LogP contribution in [0.25, 0.3) is 0 Å². The van der Waals surface area contributed by atoms with Gasteiger partial charge in [0.1, 0.15) is 6.54 Å². The van der Waals surface area contributed by atoms with E-state index >= 15 is 0 Å². The summed E-state index contributed by atoms with van der Waals surface area (Å²) in [5.74, 6) is -0.509. The highest BCUT2D eigenvalue weighted by Crippen LogP contribution is 2.44. The number of nitrogens with zero attached hydrogens (tertiary/aromatic N) is 3. The molecular weight excluding hydrogens is 447 g/mol. The third-order valence-electron chi connectivity index (χ3n) is 6.16. The molecular formula is C21H24F3N3O4S. The van der Waals surface area contributed by atoms with E-state index in [1.807, 2.05) is 0 Å². The molecule has 2 aliphatic rings. The van der Waals surface area contributed by atoms with Crippen LogP contribution in [0.1, 0.15) is 60.0 Å². The standard InChI is InChI=1S/C21H24F3N3O4S/c1-26(18-4-3-5-19-17(18)11-25-27(19)12-20(28)31-2)32(29,30)16-9-14(13-6-7-13)8-15(10-16)21(22,23)24/h8-11,13,18H,3-7,12H2,1-2H3. The van der Waals surface area contributed by atoms with Gasteiger partial charge in [0.15, 0.2) is 0 Å². The fourth-order valence-corrected chi connectivity index (χ4v) is 5.66. The number of esters is 1. The Kier molecular flexibility index (Phi) is 5.83. The Morgan fingerprint density at radius 3 is 2.59 bits per heavy atom. The lowest BCUT2D eigenvalue weighted by atomic mass is 9.93. The van der Waals surface area contributed by atoms with E-state index in [1.165, 1.54) is 31.1 Å². The number of ether oxygens (including phenoxy) is 1. The molecule has 0 aliphatic heterocycles. The van der Waals surface area contributed by atoms with Crippen LogP contribution in [0, 0.1) is 0 Å². The SMILES string of the molecule is COC(=O)Cn1ncc2c1CCCC2N(C)S(=O)(=O)c1cc(C2CC2)cc(C(F)(F)F)c1. The molecule has 1 atom stereocenters. The van der Waals surface area contributed by atoms with Crippen molar-refractivity contribution in [3.8, 4) is 0 Å². The van der Waals surface area contributed by atoms with Crippen molar-refractivity contribution >= 4 is 16.0 Å². The Hall–Kier alpha value is -2.40. The minimum Gasteiger partial charge on any atom is -0.468 e. The molecule has 0 saturated heterocycles. The molecule has 1 unspecified atom stereocenters. The van der Waals surface area contributed by atoms with Crippen LogP contribution in [0.3, 0.4) is 0 Å². The van der Waals surface area contributed by atoms with Crippen LogP contribution >= 0.6 is 0 Å². The first kappa shape index (κ1) is 22.8. The Balaban J connectivity index is 1.69.